The number of rotatable bonds is 17. The van der Waals surface area contributed by atoms with E-state index in [0.717, 1.165) is 118 Å². The van der Waals surface area contributed by atoms with Crippen molar-refractivity contribution in [2.24, 2.45) is 0 Å². The maximum Gasteiger partial charge on any atom is 0.244 e. The minimum absolute atomic E-state index is 0.163. The van der Waals surface area contributed by atoms with Gasteiger partial charge in [-0.2, -0.15) is 0 Å². The van der Waals surface area contributed by atoms with Crippen LogP contribution < -0.4 is 47.5 Å². The predicted molar refractivity (Wildman–Crippen MR) is 553 cm³/mol. The first kappa shape index (κ1) is 74.8. The smallest absolute Gasteiger partial charge is 0.244 e. The first-order chi connectivity index (χ1) is 64.4. The number of para-hydroxylation sites is 6. The minimum atomic E-state index is -0.234. The Morgan fingerprint density at radius 1 is 0.154 bits per heavy atom. The lowest BCUT2D eigenvalue weighted by Gasteiger charge is -2.35. The fourth-order valence-electron chi connectivity index (χ4n) is 22.5. The van der Waals surface area contributed by atoms with Crippen LogP contribution in [0.3, 0.4) is 0 Å². The molecule has 0 aromatic heterocycles. The Morgan fingerprint density at radius 2 is 0.408 bits per heavy atom. The number of anilines is 9. The predicted octanol–water partition coefficient (Wildman–Crippen LogP) is 29.6. The highest BCUT2D eigenvalue weighted by Crippen LogP contribution is 2.58. The summed E-state index contributed by atoms with van der Waals surface area (Å²) in [6, 6.07) is 179. The molecule has 602 valence electrons. The summed E-state index contributed by atoms with van der Waals surface area (Å²) < 4.78 is 0. The van der Waals surface area contributed by atoms with Gasteiger partial charge >= 0.3 is 0 Å². The molecule has 4 aliphatic heterocycles. The van der Waals surface area contributed by atoms with Gasteiger partial charge in [-0.3, -0.25) is 0 Å². The molecule has 0 amide bonds. The van der Waals surface area contributed by atoms with Crippen LogP contribution in [0.2, 0.25) is 0 Å². The van der Waals surface area contributed by atoms with Crippen molar-refractivity contribution in [1.82, 2.24) is 0 Å². The normalized spacial score (nSPS) is 12.2. The second kappa shape index (κ2) is 30.4. The van der Waals surface area contributed by atoms with Gasteiger partial charge in [-0.25, -0.2) is 0 Å². The van der Waals surface area contributed by atoms with Crippen molar-refractivity contribution in [1.29, 1.82) is 0 Å². The van der Waals surface area contributed by atoms with Crippen LogP contribution in [0.5, 0.6) is 0 Å². The third kappa shape index (κ3) is 11.9. The van der Waals surface area contributed by atoms with Gasteiger partial charge in [-0.15, -0.1) is 0 Å². The Balaban J connectivity index is 0.894. The third-order valence-electron chi connectivity index (χ3n) is 27.9. The van der Waals surface area contributed by atoms with E-state index in [4.69, 9.17) is 0 Å². The van der Waals surface area contributed by atoms with Crippen LogP contribution in [0, 0.1) is 6.92 Å². The topological polar surface area (TPSA) is 9.72 Å². The number of hydrogen-bond donors (Lipinski definition) is 0. The lowest BCUT2D eigenvalue weighted by atomic mass is 9.34. The summed E-state index contributed by atoms with van der Waals surface area (Å²) in [5.41, 5.74) is 47.2. The summed E-state index contributed by atoms with van der Waals surface area (Å²) in [5, 5.41) is 7.52. The van der Waals surface area contributed by atoms with Crippen LogP contribution in [-0.2, 0) is 0 Å². The summed E-state index contributed by atoms with van der Waals surface area (Å²) in [6.45, 7) is 1.88. The maximum atomic E-state index is 2.75. The molecule has 0 radical (unpaired) electrons. The van der Waals surface area contributed by atoms with E-state index in [1.165, 1.54) is 137 Å². The molecular formula is C125H81B2N3. The Hall–Kier alpha value is -16.6. The summed E-state index contributed by atoms with van der Waals surface area (Å²) in [5.74, 6) is 0. The first-order valence-electron chi connectivity index (χ1n) is 45.3. The Bertz CT molecular complexity index is 7820. The summed E-state index contributed by atoms with van der Waals surface area (Å²) in [6.07, 6.45) is 0. The lowest BCUT2D eigenvalue weighted by Crippen LogP contribution is -2.53. The zero-order valence-electron chi connectivity index (χ0n) is 71.5. The van der Waals surface area contributed by atoms with Gasteiger partial charge in [-0.05, 0) is 318 Å². The Kier molecular flexibility index (Phi) is 17.5. The van der Waals surface area contributed by atoms with Crippen molar-refractivity contribution < 1.29 is 0 Å². The number of nitrogens with zero attached hydrogens (tertiary/aromatic N) is 3. The molecule has 0 N–H and O–H groups in total. The van der Waals surface area contributed by atoms with Crippen molar-refractivity contribution in [3.63, 3.8) is 0 Å². The summed E-state index contributed by atoms with van der Waals surface area (Å²) in [7, 11) is 0. The average Bonchev–Trinajstić information content (AvgIpc) is 1.30. The third-order valence-corrected chi connectivity index (χ3v) is 27.9. The highest BCUT2D eigenvalue weighted by atomic mass is 15.2. The van der Waals surface area contributed by atoms with Crippen LogP contribution in [0.15, 0.2) is 473 Å². The molecule has 0 fully saturated rings. The van der Waals surface area contributed by atoms with Crippen molar-refractivity contribution in [3.8, 4) is 134 Å². The van der Waals surface area contributed by atoms with Crippen LogP contribution in [0.1, 0.15) is 5.56 Å². The average molecular weight is 1650 g/mol. The molecule has 22 aromatic rings. The van der Waals surface area contributed by atoms with Crippen molar-refractivity contribution >= 4 is 130 Å². The molecule has 0 saturated carbocycles. The molecule has 3 nitrogen and oxygen atoms in total. The Morgan fingerprint density at radius 3 is 0.715 bits per heavy atom. The van der Waals surface area contributed by atoms with Gasteiger partial charge in [0.15, 0.2) is 0 Å². The molecule has 22 aromatic carbocycles. The number of fused-ring (bicyclic) bond motifs is 10. The molecule has 130 heavy (non-hydrogen) atoms. The van der Waals surface area contributed by atoms with Gasteiger partial charge in [0.1, 0.15) is 0 Å². The van der Waals surface area contributed by atoms with Gasteiger partial charge in [0.2, 0.25) is 13.4 Å². The molecular weight excluding hydrogens is 1570 g/mol. The van der Waals surface area contributed by atoms with Crippen LogP contribution in [0.4, 0.5) is 51.2 Å². The van der Waals surface area contributed by atoms with Crippen molar-refractivity contribution in [3.05, 3.63) is 479 Å². The molecule has 0 spiro atoms. The van der Waals surface area contributed by atoms with E-state index in [1.807, 2.05) is 0 Å². The van der Waals surface area contributed by atoms with E-state index in [9.17, 15) is 0 Å². The molecule has 5 heteroatoms. The molecule has 4 aliphatic rings. The van der Waals surface area contributed by atoms with Gasteiger partial charge in [0.05, 0.1) is 0 Å². The van der Waals surface area contributed by atoms with E-state index >= 15 is 0 Å². The van der Waals surface area contributed by atoms with Gasteiger partial charge in [0.25, 0.3) is 0 Å². The second-order valence-electron chi connectivity index (χ2n) is 35.2. The van der Waals surface area contributed by atoms with Gasteiger partial charge in [-0.1, -0.05) is 366 Å². The number of aryl methyl sites for hydroxylation is 1. The standard InChI is InChI=1S/C125H81B2N3/c1-80-62-64-114-102(66-80)110-72-96(129(91-54-30-10-31-55-91)92-56-32-11-33-57-92)74-112-106-76-104(118-98(83-42-18-4-19-43-83)67-87(81-38-14-2-15-39-81)68-99(118)84-44-20-5-21-45-84)109-79-117-121-107(77-105(108-78-116(126(114)124(110)112)120(106)122(109)123(108)121)119-100(85-46-22-6-23-47-85)69-88(82-40-16-3-17-41-82)70-101(119)86-48-24-7-25-49-86)113-75-97(130(93-58-34-12-35-59-93)94-60-36-13-37-61-94)73-111-103-71-95(63-65-115(103)127(117)125(111)113)128(89-50-26-8-27-51-89)90-52-28-9-29-53-90/h2-79H,1H3. The zero-order valence-corrected chi connectivity index (χ0v) is 71.5. The van der Waals surface area contributed by atoms with E-state index < -0.39 is 0 Å². The largest absolute Gasteiger partial charge is 0.310 e. The molecule has 0 saturated heterocycles. The van der Waals surface area contributed by atoms with Crippen LogP contribution in [0.25, 0.3) is 166 Å². The maximum absolute atomic E-state index is 2.75. The minimum Gasteiger partial charge on any atom is -0.310 e. The van der Waals surface area contributed by atoms with Crippen LogP contribution in [-0.4, -0.2) is 13.4 Å². The SMILES string of the molecule is Cc1ccc2c(c1)-c1cc(N(c3ccccc3)c3ccccc3)cc3c1B2c1cc2c(-c4c(-c5ccccc5)cc(-c5ccccc5)cc4-c4ccccc4)cc4c5c(cc6c(-c7c(-c8ccccc8)cc(-c8ccccc8)cc7-c7ccccc7)cc-3c1c6c25)B1c2ccc(N(c3ccccc3)c3ccccc3)cc2-c2cc(N(c3ccccc3)c3ccccc3)cc-4c21. The van der Waals surface area contributed by atoms with E-state index in [-0.39, 0.29) is 13.4 Å². The molecule has 4 heterocycles. The highest BCUT2D eigenvalue weighted by molar-refractivity contribution is 7.03. The van der Waals surface area contributed by atoms with Crippen LogP contribution >= 0.6 is 0 Å². The molecule has 0 atom stereocenters. The highest BCUT2D eigenvalue weighted by Gasteiger charge is 2.47. The van der Waals surface area contributed by atoms with E-state index in [0.29, 0.717) is 0 Å². The first-order valence-corrected chi connectivity index (χ1v) is 45.3. The molecule has 0 aliphatic carbocycles. The fourth-order valence-corrected chi connectivity index (χ4v) is 22.5. The van der Waals surface area contributed by atoms with Crippen molar-refractivity contribution in [2.45, 2.75) is 6.92 Å². The lowest BCUT2D eigenvalue weighted by molar-refractivity contribution is 1.28. The molecule has 26 rings (SSSR count). The van der Waals surface area contributed by atoms with E-state index in [1.54, 1.807) is 0 Å². The molecule has 0 bridgehead atoms. The monoisotopic (exact) mass is 1650 g/mol. The van der Waals surface area contributed by atoms with Gasteiger partial charge in [0, 0.05) is 51.2 Å². The number of benzene rings is 22. The molecule has 0 unspecified atom stereocenters. The Labute approximate surface area is 758 Å². The van der Waals surface area contributed by atoms with Gasteiger partial charge < -0.3 is 14.7 Å². The number of hydrogen-bond acceptors (Lipinski definition) is 3. The quantitative estimate of drug-likeness (QED) is 0.0664. The van der Waals surface area contributed by atoms with E-state index in [2.05, 4.69) is 495 Å². The zero-order chi connectivity index (χ0) is 85.6. The second-order valence-corrected chi connectivity index (χ2v) is 35.2. The summed E-state index contributed by atoms with van der Waals surface area (Å²) in [4.78, 5) is 7.43. The van der Waals surface area contributed by atoms with Crippen molar-refractivity contribution in [2.75, 3.05) is 14.7 Å². The fraction of sp³-hybridized carbons (Fsp3) is 0.00800. The summed E-state index contributed by atoms with van der Waals surface area (Å²) >= 11 is 0.